The number of amides is 2. The van der Waals surface area contributed by atoms with Crippen molar-refractivity contribution in [1.29, 1.82) is 0 Å². The van der Waals surface area contributed by atoms with E-state index in [9.17, 15) is 22.4 Å². The summed E-state index contributed by atoms with van der Waals surface area (Å²) in [5.74, 6) is -1.59. The van der Waals surface area contributed by atoms with E-state index in [1.165, 1.54) is 30.1 Å². The summed E-state index contributed by atoms with van der Waals surface area (Å²) in [6.07, 6.45) is 1.20. The van der Waals surface area contributed by atoms with E-state index in [-0.39, 0.29) is 18.5 Å². The summed E-state index contributed by atoms with van der Waals surface area (Å²) in [5.41, 5.74) is 3.02. The van der Waals surface area contributed by atoms with Gasteiger partial charge in [-0.2, -0.15) is 0 Å². The molecule has 3 rings (SSSR count). The number of nitrogens with zero attached hydrogens (tertiary/aromatic N) is 2. The van der Waals surface area contributed by atoms with Gasteiger partial charge in [-0.3, -0.25) is 13.9 Å². The first-order chi connectivity index (χ1) is 17.5. The zero-order chi connectivity index (χ0) is 27.2. The summed E-state index contributed by atoms with van der Waals surface area (Å²) in [5, 5.41) is 2.59. The molecule has 0 fully saturated rings. The number of carbonyl (C=O) groups is 2. The van der Waals surface area contributed by atoms with Crippen molar-refractivity contribution in [1.82, 2.24) is 10.2 Å². The zero-order valence-electron chi connectivity index (χ0n) is 21.4. The number of rotatable bonds is 10. The second-order valence-electron chi connectivity index (χ2n) is 8.99. The van der Waals surface area contributed by atoms with Crippen LogP contribution in [-0.2, 0) is 32.6 Å². The van der Waals surface area contributed by atoms with Crippen molar-refractivity contribution in [3.63, 3.8) is 0 Å². The average Bonchev–Trinajstić information content (AvgIpc) is 2.85. The normalized spacial score (nSPS) is 12.0. The molecule has 0 saturated heterocycles. The van der Waals surface area contributed by atoms with Gasteiger partial charge in [-0.15, -0.1) is 0 Å². The van der Waals surface area contributed by atoms with Gasteiger partial charge < -0.3 is 10.2 Å². The Kier molecular flexibility index (Phi) is 9.04. The lowest BCUT2D eigenvalue weighted by Gasteiger charge is -2.33. The topological polar surface area (TPSA) is 86.8 Å². The molecule has 0 spiro atoms. The molecule has 0 bridgehead atoms. The molecular formula is C28H32FN3O4S. The van der Waals surface area contributed by atoms with Crippen LogP contribution in [0.1, 0.15) is 22.3 Å². The van der Waals surface area contributed by atoms with Gasteiger partial charge in [0.1, 0.15) is 18.4 Å². The van der Waals surface area contributed by atoms with Crippen molar-refractivity contribution in [2.75, 3.05) is 24.2 Å². The SMILES string of the molecule is CNC(=O)[C@H](Cc1ccccc1)N(Cc1ccccc1F)C(=O)CN(c1ccc(C)cc1C)S(C)(=O)=O. The minimum absolute atomic E-state index is 0.170. The molecule has 9 heteroatoms. The highest BCUT2D eigenvalue weighted by atomic mass is 32.2. The molecule has 2 amide bonds. The predicted octanol–water partition coefficient (Wildman–Crippen LogP) is 3.59. The summed E-state index contributed by atoms with van der Waals surface area (Å²) in [6.45, 7) is 2.91. The zero-order valence-corrected chi connectivity index (χ0v) is 22.3. The molecule has 1 N–H and O–H groups in total. The molecule has 0 aliphatic heterocycles. The quantitative estimate of drug-likeness (QED) is 0.438. The second kappa shape index (κ2) is 12.0. The van der Waals surface area contributed by atoms with Crippen molar-refractivity contribution >= 4 is 27.5 Å². The van der Waals surface area contributed by atoms with Crippen LogP contribution < -0.4 is 9.62 Å². The standard InChI is InChI=1S/C28H32FN3O4S/c1-20-14-15-25(21(2)16-20)32(37(4,35)36)19-27(33)31(18-23-12-8-9-13-24(23)29)26(28(34)30-3)17-22-10-6-5-7-11-22/h5-16,26H,17-19H2,1-4H3,(H,30,34)/t26-/m0/s1. The van der Waals surface area contributed by atoms with Crippen LogP contribution in [0.2, 0.25) is 0 Å². The van der Waals surface area contributed by atoms with E-state index in [0.717, 1.165) is 21.7 Å². The van der Waals surface area contributed by atoms with Crippen molar-refractivity contribution < 1.29 is 22.4 Å². The number of nitrogens with one attached hydrogen (secondary N) is 1. The van der Waals surface area contributed by atoms with Crippen LogP contribution >= 0.6 is 0 Å². The van der Waals surface area contributed by atoms with Gasteiger partial charge in [-0.1, -0.05) is 66.2 Å². The molecule has 0 unspecified atom stereocenters. The Labute approximate surface area is 218 Å². The lowest BCUT2D eigenvalue weighted by Crippen LogP contribution is -2.53. The number of anilines is 1. The number of aryl methyl sites for hydroxylation is 2. The first kappa shape index (κ1) is 27.9. The van der Waals surface area contributed by atoms with Gasteiger partial charge in [-0.25, -0.2) is 12.8 Å². The summed E-state index contributed by atoms with van der Waals surface area (Å²) in [7, 11) is -2.40. The summed E-state index contributed by atoms with van der Waals surface area (Å²) >= 11 is 0. The fraction of sp³-hybridized carbons (Fsp3) is 0.286. The van der Waals surface area contributed by atoms with Crippen LogP contribution in [0.5, 0.6) is 0 Å². The number of benzene rings is 3. The van der Waals surface area contributed by atoms with E-state index < -0.39 is 40.2 Å². The van der Waals surface area contributed by atoms with Crippen molar-refractivity contribution in [3.8, 4) is 0 Å². The molecule has 0 aliphatic rings. The van der Waals surface area contributed by atoms with E-state index in [2.05, 4.69) is 5.32 Å². The van der Waals surface area contributed by atoms with Gasteiger partial charge in [0, 0.05) is 25.6 Å². The van der Waals surface area contributed by atoms with E-state index in [1.54, 1.807) is 25.1 Å². The fourth-order valence-corrected chi connectivity index (χ4v) is 5.12. The van der Waals surface area contributed by atoms with Crippen LogP contribution in [0.25, 0.3) is 0 Å². The molecule has 0 saturated carbocycles. The van der Waals surface area contributed by atoms with Crippen LogP contribution in [0.3, 0.4) is 0 Å². The molecule has 0 heterocycles. The fourth-order valence-electron chi connectivity index (χ4n) is 4.21. The summed E-state index contributed by atoms with van der Waals surface area (Å²) < 4.78 is 41.3. The van der Waals surface area contributed by atoms with E-state index in [4.69, 9.17) is 0 Å². The number of sulfonamides is 1. The largest absolute Gasteiger partial charge is 0.357 e. The predicted molar refractivity (Wildman–Crippen MR) is 143 cm³/mol. The Morgan fingerprint density at radius 3 is 2.22 bits per heavy atom. The molecular weight excluding hydrogens is 493 g/mol. The lowest BCUT2D eigenvalue weighted by atomic mass is 10.0. The Morgan fingerprint density at radius 2 is 1.62 bits per heavy atom. The molecule has 1 atom stereocenters. The molecule has 0 aliphatic carbocycles. The number of likely N-dealkylation sites (N-methyl/N-ethyl adjacent to an activating group) is 1. The highest BCUT2D eigenvalue weighted by Crippen LogP contribution is 2.25. The van der Waals surface area contributed by atoms with Crippen LogP contribution in [0, 0.1) is 19.7 Å². The molecule has 7 nitrogen and oxygen atoms in total. The van der Waals surface area contributed by atoms with Crippen molar-refractivity contribution in [3.05, 3.63) is 101 Å². The lowest BCUT2D eigenvalue weighted by molar-refractivity contribution is -0.139. The maximum Gasteiger partial charge on any atom is 0.244 e. The average molecular weight is 526 g/mol. The number of carbonyl (C=O) groups excluding carboxylic acids is 2. The molecule has 196 valence electrons. The monoisotopic (exact) mass is 525 g/mol. The molecule has 0 aromatic heterocycles. The Bertz CT molecular complexity index is 1360. The highest BCUT2D eigenvalue weighted by molar-refractivity contribution is 7.92. The minimum atomic E-state index is -3.86. The van der Waals surface area contributed by atoms with Crippen molar-refractivity contribution in [2.24, 2.45) is 0 Å². The Hall–Kier alpha value is -3.72. The third-order valence-corrected chi connectivity index (χ3v) is 7.24. The van der Waals surface area contributed by atoms with Crippen molar-refractivity contribution in [2.45, 2.75) is 32.9 Å². The van der Waals surface area contributed by atoms with E-state index in [0.29, 0.717) is 11.3 Å². The van der Waals surface area contributed by atoms with Gasteiger partial charge in [-0.05, 0) is 37.1 Å². The Balaban J connectivity index is 2.06. The smallest absolute Gasteiger partial charge is 0.244 e. The third kappa shape index (κ3) is 7.16. The summed E-state index contributed by atoms with van der Waals surface area (Å²) in [4.78, 5) is 28.1. The first-order valence-corrected chi connectivity index (χ1v) is 13.7. The molecule has 37 heavy (non-hydrogen) atoms. The Morgan fingerprint density at radius 1 is 0.973 bits per heavy atom. The number of hydrogen-bond acceptors (Lipinski definition) is 4. The third-order valence-electron chi connectivity index (χ3n) is 6.12. The van der Waals surface area contributed by atoms with Gasteiger partial charge in [0.15, 0.2) is 0 Å². The maximum atomic E-state index is 14.6. The molecule has 3 aromatic rings. The van der Waals surface area contributed by atoms with Crippen LogP contribution in [0.4, 0.5) is 10.1 Å². The second-order valence-corrected chi connectivity index (χ2v) is 10.9. The summed E-state index contributed by atoms with van der Waals surface area (Å²) in [6, 6.07) is 19.4. The van der Waals surface area contributed by atoms with Gasteiger partial charge in [0.25, 0.3) is 0 Å². The molecule has 3 aromatic carbocycles. The van der Waals surface area contributed by atoms with Gasteiger partial charge in [0.2, 0.25) is 21.8 Å². The van der Waals surface area contributed by atoms with Crippen LogP contribution in [0.15, 0.2) is 72.8 Å². The maximum absolute atomic E-state index is 14.6. The molecule has 0 radical (unpaired) electrons. The van der Waals surface area contributed by atoms with E-state index >= 15 is 0 Å². The number of halogens is 1. The van der Waals surface area contributed by atoms with Gasteiger partial charge in [0.05, 0.1) is 11.9 Å². The van der Waals surface area contributed by atoms with Gasteiger partial charge >= 0.3 is 0 Å². The first-order valence-electron chi connectivity index (χ1n) is 11.8. The van der Waals surface area contributed by atoms with Crippen LogP contribution in [-0.4, -0.2) is 51.0 Å². The van der Waals surface area contributed by atoms with E-state index in [1.807, 2.05) is 43.3 Å². The highest BCUT2D eigenvalue weighted by Gasteiger charge is 2.33. The number of hydrogen-bond donors (Lipinski definition) is 1. The minimum Gasteiger partial charge on any atom is -0.357 e.